The Kier molecular flexibility index (Phi) is 4.21. The highest BCUT2D eigenvalue weighted by Crippen LogP contribution is 2.46. The van der Waals surface area contributed by atoms with Crippen molar-refractivity contribution in [3.05, 3.63) is 88.1 Å². The van der Waals surface area contributed by atoms with Gasteiger partial charge in [-0.15, -0.1) is 8.78 Å². The Morgan fingerprint density at radius 1 is 0.968 bits per heavy atom. The third kappa shape index (κ3) is 3.27. The van der Waals surface area contributed by atoms with Gasteiger partial charge < -0.3 is 9.47 Å². The number of rotatable bonds is 3. The van der Waals surface area contributed by atoms with E-state index < -0.39 is 23.4 Å². The van der Waals surface area contributed by atoms with E-state index in [-0.39, 0.29) is 40.3 Å². The highest BCUT2D eigenvalue weighted by molar-refractivity contribution is 5.84. The molecule has 0 spiro atoms. The summed E-state index contributed by atoms with van der Waals surface area (Å²) in [4.78, 5) is 13.1. The average Bonchev–Trinajstić information content (AvgIpc) is 3.06. The van der Waals surface area contributed by atoms with Crippen LogP contribution in [0.5, 0.6) is 11.5 Å². The van der Waals surface area contributed by atoms with Crippen LogP contribution < -0.4 is 14.9 Å². The molecule has 31 heavy (non-hydrogen) atoms. The number of hydrogen-bond acceptors (Lipinski definition) is 4. The molecule has 2 heterocycles. The van der Waals surface area contributed by atoms with Gasteiger partial charge in [0.25, 0.3) is 0 Å². The molecule has 0 bridgehead atoms. The average molecular weight is 428 g/mol. The summed E-state index contributed by atoms with van der Waals surface area (Å²) < 4.78 is 65.1. The van der Waals surface area contributed by atoms with Crippen molar-refractivity contribution in [1.82, 2.24) is 9.78 Å². The molecule has 1 aromatic heterocycles. The van der Waals surface area contributed by atoms with Crippen LogP contribution in [0.1, 0.15) is 5.56 Å². The standard InChI is InChI=1S/C22H12F4N2O3/c23-13-9-8-12(16(24)10-13)11-28-17-6-2-1-4-14(17)20(29)19(27-28)15-5-3-7-18-21(15)31-22(25,26)30-18/h1-10H,11H2. The minimum atomic E-state index is -3.87. The topological polar surface area (TPSA) is 53.4 Å². The van der Waals surface area contributed by atoms with Crippen LogP contribution in [0.3, 0.4) is 0 Å². The molecule has 0 amide bonds. The Labute approximate surface area is 172 Å². The maximum Gasteiger partial charge on any atom is 0.586 e. The third-order valence-electron chi connectivity index (χ3n) is 4.88. The van der Waals surface area contributed by atoms with Gasteiger partial charge in [0.05, 0.1) is 17.6 Å². The van der Waals surface area contributed by atoms with E-state index in [1.54, 1.807) is 24.3 Å². The zero-order valence-electron chi connectivity index (χ0n) is 15.6. The quantitative estimate of drug-likeness (QED) is 0.444. The fourth-order valence-electron chi connectivity index (χ4n) is 3.50. The molecule has 0 saturated carbocycles. The number of benzene rings is 3. The molecule has 0 N–H and O–H groups in total. The second-order valence-corrected chi connectivity index (χ2v) is 6.89. The van der Waals surface area contributed by atoms with E-state index in [0.29, 0.717) is 5.52 Å². The van der Waals surface area contributed by atoms with Gasteiger partial charge in [0.2, 0.25) is 5.43 Å². The minimum absolute atomic E-state index is 0.0127. The molecular weight excluding hydrogens is 416 g/mol. The van der Waals surface area contributed by atoms with Crippen LogP contribution in [0.2, 0.25) is 0 Å². The molecule has 0 fully saturated rings. The number of alkyl halides is 2. The molecule has 4 aromatic rings. The molecule has 0 aliphatic carbocycles. The predicted octanol–water partition coefficient (Wildman–Crippen LogP) is 4.71. The van der Waals surface area contributed by atoms with Crippen LogP contribution in [0.15, 0.2) is 65.5 Å². The lowest BCUT2D eigenvalue weighted by Crippen LogP contribution is -2.26. The maximum atomic E-state index is 14.2. The monoisotopic (exact) mass is 428 g/mol. The van der Waals surface area contributed by atoms with E-state index in [2.05, 4.69) is 14.6 Å². The molecule has 0 radical (unpaired) electrons. The van der Waals surface area contributed by atoms with Gasteiger partial charge in [-0.1, -0.05) is 24.3 Å². The molecule has 1 aliphatic heterocycles. The van der Waals surface area contributed by atoms with Crippen molar-refractivity contribution in [3.63, 3.8) is 0 Å². The molecule has 156 valence electrons. The van der Waals surface area contributed by atoms with Crippen LogP contribution in [0, 0.1) is 11.6 Å². The number of ether oxygens (including phenoxy) is 2. The van der Waals surface area contributed by atoms with Crippen molar-refractivity contribution in [2.75, 3.05) is 0 Å². The first-order chi connectivity index (χ1) is 14.8. The Bertz CT molecular complexity index is 1400. The Hall–Kier alpha value is -3.88. The van der Waals surface area contributed by atoms with Gasteiger partial charge in [0.1, 0.15) is 17.3 Å². The van der Waals surface area contributed by atoms with Gasteiger partial charge in [0, 0.05) is 17.0 Å². The van der Waals surface area contributed by atoms with Gasteiger partial charge >= 0.3 is 6.29 Å². The van der Waals surface area contributed by atoms with Gasteiger partial charge in [-0.05, 0) is 30.3 Å². The van der Waals surface area contributed by atoms with E-state index in [1.807, 2.05) is 0 Å². The largest absolute Gasteiger partial charge is 0.586 e. The summed E-state index contributed by atoms with van der Waals surface area (Å²) in [6.07, 6.45) is -3.87. The summed E-state index contributed by atoms with van der Waals surface area (Å²) in [7, 11) is 0. The van der Waals surface area contributed by atoms with E-state index >= 15 is 0 Å². The molecule has 0 atom stereocenters. The van der Waals surface area contributed by atoms with Crippen molar-refractivity contribution in [3.8, 4) is 22.8 Å². The van der Waals surface area contributed by atoms with Crippen molar-refractivity contribution in [1.29, 1.82) is 0 Å². The minimum Gasteiger partial charge on any atom is -0.395 e. The molecule has 0 saturated heterocycles. The van der Waals surface area contributed by atoms with Gasteiger partial charge in [-0.25, -0.2) is 8.78 Å². The van der Waals surface area contributed by atoms with Crippen molar-refractivity contribution >= 4 is 10.9 Å². The summed E-state index contributed by atoms with van der Waals surface area (Å²) in [6.45, 7) is -0.123. The van der Waals surface area contributed by atoms with Crippen LogP contribution in [0.25, 0.3) is 22.2 Å². The van der Waals surface area contributed by atoms with Gasteiger partial charge in [-0.3, -0.25) is 9.48 Å². The maximum absolute atomic E-state index is 14.2. The molecule has 9 heteroatoms. The van der Waals surface area contributed by atoms with Crippen LogP contribution in [-0.4, -0.2) is 16.1 Å². The van der Waals surface area contributed by atoms with E-state index in [9.17, 15) is 22.4 Å². The molecule has 1 aliphatic rings. The lowest BCUT2D eigenvalue weighted by Gasteiger charge is -2.14. The van der Waals surface area contributed by atoms with Crippen molar-refractivity contribution in [2.24, 2.45) is 0 Å². The fraction of sp³-hybridized carbons (Fsp3) is 0.0909. The van der Waals surface area contributed by atoms with E-state index in [4.69, 9.17) is 0 Å². The number of nitrogens with zero attached hydrogens (tertiary/aromatic N) is 2. The Balaban J connectivity index is 1.72. The number of para-hydroxylation sites is 2. The Morgan fingerprint density at radius 2 is 1.77 bits per heavy atom. The van der Waals surface area contributed by atoms with Gasteiger partial charge in [-0.2, -0.15) is 5.10 Å². The number of aromatic nitrogens is 2. The summed E-state index contributed by atoms with van der Waals surface area (Å²) >= 11 is 0. The molecule has 3 aromatic carbocycles. The first-order valence-electron chi connectivity index (χ1n) is 9.15. The van der Waals surface area contributed by atoms with Crippen molar-refractivity contribution in [2.45, 2.75) is 12.8 Å². The predicted molar refractivity (Wildman–Crippen MR) is 103 cm³/mol. The molecular formula is C22H12F4N2O3. The first kappa shape index (κ1) is 19.1. The number of hydrogen-bond donors (Lipinski definition) is 0. The zero-order valence-corrected chi connectivity index (χ0v) is 15.6. The molecule has 5 nitrogen and oxygen atoms in total. The SMILES string of the molecule is O=c1c(-c2cccc3c2OC(F)(F)O3)nn(Cc2ccc(F)cc2F)c2ccccc12. The van der Waals surface area contributed by atoms with Crippen LogP contribution >= 0.6 is 0 Å². The second-order valence-electron chi connectivity index (χ2n) is 6.89. The summed E-state index contributed by atoms with van der Waals surface area (Å²) in [6, 6.07) is 13.7. The number of halogens is 4. The van der Waals surface area contributed by atoms with Crippen LogP contribution in [0.4, 0.5) is 17.6 Å². The lowest BCUT2D eigenvalue weighted by atomic mass is 10.1. The zero-order chi connectivity index (χ0) is 21.8. The van der Waals surface area contributed by atoms with E-state index in [0.717, 1.165) is 12.1 Å². The van der Waals surface area contributed by atoms with Crippen molar-refractivity contribution < 1.29 is 27.0 Å². The summed E-state index contributed by atoms with van der Waals surface area (Å²) in [5.74, 6) is -2.04. The normalized spacial score (nSPS) is 14.2. The molecule has 0 unspecified atom stereocenters. The smallest absolute Gasteiger partial charge is 0.395 e. The second kappa shape index (κ2) is 6.83. The third-order valence-corrected chi connectivity index (χ3v) is 4.88. The summed E-state index contributed by atoms with van der Waals surface area (Å²) in [5, 5.41) is 4.57. The summed E-state index contributed by atoms with van der Waals surface area (Å²) in [5.41, 5.74) is -0.134. The highest BCUT2D eigenvalue weighted by Gasteiger charge is 2.45. The van der Waals surface area contributed by atoms with Crippen LogP contribution in [-0.2, 0) is 6.54 Å². The van der Waals surface area contributed by atoms with E-state index in [1.165, 1.54) is 28.9 Å². The number of fused-ring (bicyclic) bond motifs is 2. The Morgan fingerprint density at radius 3 is 2.58 bits per heavy atom. The highest BCUT2D eigenvalue weighted by atomic mass is 19.3. The fourth-order valence-corrected chi connectivity index (χ4v) is 3.50. The van der Waals surface area contributed by atoms with Gasteiger partial charge in [0.15, 0.2) is 11.5 Å². The first-order valence-corrected chi connectivity index (χ1v) is 9.15. The lowest BCUT2D eigenvalue weighted by molar-refractivity contribution is -0.286. The molecule has 5 rings (SSSR count).